The van der Waals surface area contributed by atoms with Gasteiger partial charge >= 0.3 is 0 Å². The number of anilines is 2. The number of hydrogen-bond acceptors (Lipinski definition) is 4. The molecule has 0 unspecified atom stereocenters. The molecule has 3 aromatic rings. The van der Waals surface area contributed by atoms with Crippen LogP contribution in [-0.2, 0) is 10.0 Å². The number of nitrogens with one attached hydrogen (secondary N) is 1. The smallest absolute Gasteiger partial charge is 0.229 e. The molecule has 4 nitrogen and oxygen atoms in total. The number of benzene rings is 2. The zero-order valence-corrected chi connectivity index (χ0v) is 14.1. The first-order valence-corrected chi connectivity index (χ1v) is 9.71. The maximum absolute atomic E-state index is 11.3. The predicted molar refractivity (Wildman–Crippen MR) is 98.1 cm³/mol. The fourth-order valence-corrected chi connectivity index (χ4v) is 3.73. The van der Waals surface area contributed by atoms with E-state index >= 15 is 0 Å². The van der Waals surface area contributed by atoms with Gasteiger partial charge in [0.1, 0.15) is 0 Å². The summed E-state index contributed by atoms with van der Waals surface area (Å²) in [6.45, 7) is 0. The van der Waals surface area contributed by atoms with Gasteiger partial charge in [0.15, 0.2) is 0 Å². The van der Waals surface area contributed by atoms with Crippen molar-refractivity contribution in [3.8, 4) is 21.6 Å². The van der Waals surface area contributed by atoms with Crippen LogP contribution in [0, 0.1) is 0 Å². The molecule has 0 fully saturated rings. The number of nitrogen functional groups attached to an aromatic ring is 1. The van der Waals surface area contributed by atoms with E-state index in [1.54, 1.807) is 17.4 Å². The maximum atomic E-state index is 11.3. The average Bonchev–Trinajstić information content (AvgIpc) is 2.92. The number of thiophene rings is 1. The lowest BCUT2D eigenvalue weighted by Crippen LogP contribution is -2.09. The van der Waals surface area contributed by atoms with Crippen LogP contribution in [0.2, 0.25) is 0 Å². The second kappa shape index (κ2) is 6.06. The highest BCUT2D eigenvalue weighted by molar-refractivity contribution is 7.92. The first-order valence-electron chi connectivity index (χ1n) is 6.94. The fraction of sp³-hybridized carbons (Fsp3) is 0.0588. The fourth-order valence-electron chi connectivity index (χ4n) is 2.34. The molecular formula is C17H16N2O2S2. The number of sulfonamides is 1. The van der Waals surface area contributed by atoms with Crippen molar-refractivity contribution in [3.63, 3.8) is 0 Å². The van der Waals surface area contributed by atoms with Crippen LogP contribution < -0.4 is 10.5 Å². The Labute approximate surface area is 139 Å². The molecule has 0 bridgehead atoms. The molecule has 0 saturated carbocycles. The molecule has 3 rings (SSSR count). The lowest BCUT2D eigenvalue weighted by Gasteiger charge is -2.08. The highest BCUT2D eigenvalue weighted by atomic mass is 32.2. The van der Waals surface area contributed by atoms with Gasteiger partial charge in [-0.1, -0.05) is 36.4 Å². The van der Waals surface area contributed by atoms with Crippen molar-refractivity contribution < 1.29 is 8.42 Å². The van der Waals surface area contributed by atoms with E-state index in [1.165, 1.54) is 0 Å². The Bertz CT molecular complexity index is 929. The average molecular weight is 344 g/mol. The summed E-state index contributed by atoms with van der Waals surface area (Å²) in [5.74, 6) is 0. The van der Waals surface area contributed by atoms with Crippen LogP contribution in [0.15, 0.2) is 60.0 Å². The van der Waals surface area contributed by atoms with Crippen molar-refractivity contribution in [1.82, 2.24) is 0 Å². The molecule has 0 atom stereocenters. The third-order valence-electron chi connectivity index (χ3n) is 3.34. The van der Waals surface area contributed by atoms with Gasteiger partial charge in [0.2, 0.25) is 10.0 Å². The highest BCUT2D eigenvalue weighted by Gasteiger charge is 2.06. The van der Waals surface area contributed by atoms with E-state index in [4.69, 9.17) is 5.73 Å². The third kappa shape index (κ3) is 3.72. The van der Waals surface area contributed by atoms with Crippen molar-refractivity contribution in [2.24, 2.45) is 0 Å². The predicted octanol–water partition coefficient (Wildman–Crippen LogP) is 4.04. The molecule has 0 aliphatic rings. The molecule has 3 N–H and O–H groups in total. The minimum Gasteiger partial charge on any atom is -0.398 e. The zero-order chi connectivity index (χ0) is 16.4. The summed E-state index contributed by atoms with van der Waals surface area (Å²) in [5, 5.41) is 1.97. The van der Waals surface area contributed by atoms with E-state index in [2.05, 4.69) is 4.72 Å². The van der Waals surface area contributed by atoms with Gasteiger partial charge in [0.25, 0.3) is 0 Å². The molecule has 6 heteroatoms. The van der Waals surface area contributed by atoms with E-state index < -0.39 is 10.0 Å². The Hall–Kier alpha value is -2.31. The van der Waals surface area contributed by atoms with Crippen LogP contribution >= 0.6 is 11.3 Å². The van der Waals surface area contributed by atoms with Crippen LogP contribution in [0.25, 0.3) is 21.6 Å². The lowest BCUT2D eigenvalue weighted by molar-refractivity contribution is 0.607. The van der Waals surface area contributed by atoms with Crippen LogP contribution in [0.4, 0.5) is 11.4 Å². The molecule has 118 valence electrons. The normalized spacial score (nSPS) is 11.3. The molecule has 0 saturated heterocycles. The topological polar surface area (TPSA) is 72.2 Å². The van der Waals surface area contributed by atoms with Gasteiger partial charge in [-0.15, -0.1) is 11.3 Å². The summed E-state index contributed by atoms with van der Waals surface area (Å²) < 4.78 is 25.2. The van der Waals surface area contributed by atoms with Gasteiger partial charge in [-0.3, -0.25) is 4.72 Å². The minimum atomic E-state index is -3.28. The van der Waals surface area contributed by atoms with Crippen LogP contribution in [-0.4, -0.2) is 14.7 Å². The Morgan fingerprint density at radius 3 is 2.26 bits per heavy atom. The standard InChI is InChI=1S/C17H16N2O2S2/c1-23(20,21)19-15-4-2-3-14(11-15)12-5-7-13(8-6-12)17-16(18)9-10-22-17/h2-11,19H,18H2,1H3. The maximum Gasteiger partial charge on any atom is 0.229 e. The summed E-state index contributed by atoms with van der Waals surface area (Å²) in [6.07, 6.45) is 1.14. The third-order valence-corrected chi connectivity index (χ3v) is 4.93. The largest absolute Gasteiger partial charge is 0.398 e. The van der Waals surface area contributed by atoms with Crippen molar-refractivity contribution in [2.75, 3.05) is 16.7 Å². The summed E-state index contributed by atoms with van der Waals surface area (Å²) >= 11 is 1.61. The molecule has 0 radical (unpaired) electrons. The quantitative estimate of drug-likeness (QED) is 0.750. The van der Waals surface area contributed by atoms with E-state index in [9.17, 15) is 8.42 Å². The van der Waals surface area contributed by atoms with E-state index in [-0.39, 0.29) is 0 Å². The Morgan fingerprint density at radius 2 is 1.65 bits per heavy atom. The second-order valence-electron chi connectivity index (χ2n) is 5.24. The first kappa shape index (κ1) is 15.6. The van der Waals surface area contributed by atoms with E-state index in [0.717, 1.165) is 33.5 Å². The SMILES string of the molecule is CS(=O)(=O)Nc1cccc(-c2ccc(-c3sccc3N)cc2)c1. The number of rotatable bonds is 4. The van der Waals surface area contributed by atoms with Gasteiger partial charge in [0.05, 0.1) is 16.8 Å². The van der Waals surface area contributed by atoms with Gasteiger partial charge in [0, 0.05) is 5.69 Å². The van der Waals surface area contributed by atoms with Gasteiger partial charge < -0.3 is 5.73 Å². The Balaban J connectivity index is 1.91. The Morgan fingerprint density at radius 1 is 0.957 bits per heavy atom. The van der Waals surface area contributed by atoms with Crippen LogP contribution in [0.5, 0.6) is 0 Å². The minimum absolute atomic E-state index is 0.552. The van der Waals surface area contributed by atoms with E-state index in [1.807, 2.05) is 53.9 Å². The van der Waals surface area contributed by atoms with Crippen molar-refractivity contribution in [1.29, 1.82) is 0 Å². The van der Waals surface area contributed by atoms with Gasteiger partial charge in [-0.25, -0.2) is 8.42 Å². The van der Waals surface area contributed by atoms with Crippen molar-refractivity contribution in [2.45, 2.75) is 0 Å². The highest BCUT2D eigenvalue weighted by Crippen LogP contribution is 2.33. The molecule has 0 amide bonds. The molecule has 1 aromatic heterocycles. The molecule has 0 aliphatic carbocycles. The summed E-state index contributed by atoms with van der Waals surface area (Å²) in [6, 6.07) is 17.3. The number of nitrogens with two attached hydrogens (primary N) is 1. The summed E-state index contributed by atoms with van der Waals surface area (Å²) in [4.78, 5) is 1.06. The second-order valence-corrected chi connectivity index (χ2v) is 7.90. The Kier molecular flexibility index (Phi) is 4.11. The van der Waals surface area contributed by atoms with Gasteiger partial charge in [-0.2, -0.15) is 0 Å². The molecular weight excluding hydrogens is 328 g/mol. The van der Waals surface area contributed by atoms with Gasteiger partial charge in [-0.05, 0) is 40.3 Å². The monoisotopic (exact) mass is 344 g/mol. The molecule has 2 aromatic carbocycles. The van der Waals surface area contributed by atoms with Crippen LogP contribution in [0.1, 0.15) is 0 Å². The molecule has 0 spiro atoms. The van der Waals surface area contributed by atoms with Crippen molar-refractivity contribution in [3.05, 3.63) is 60.0 Å². The molecule has 0 aliphatic heterocycles. The lowest BCUT2D eigenvalue weighted by atomic mass is 10.0. The summed E-state index contributed by atoms with van der Waals surface area (Å²) in [5.41, 5.74) is 10.3. The molecule has 23 heavy (non-hydrogen) atoms. The van der Waals surface area contributed by atoms with Crippen LogP contribution in [0.3, 0.4) is 0 Å². The zero-order valence-electron chi connectivity index (χ0n) is 12.5. The first-order chi connectivity index (χ1) is 10.9. The number of hydrogen-bond donors (Lipinski definition) is 2. The van der Waals surface area contributed by atoms with E-state index in [0.29, 0.717) is 5.69 Å². The molecule has 1 heterocycles. The van der Waals surface area contributed by atoms with Crippen molar-refractivity contribution >= 4 is 32.7 Å². The summed E-state index contributed by atoms with van der Waals surface area (Å²) in [7, 11) is -3.28.